The molecule has 0 aliphatic carbocycles. The number of para-hydroxylation sites is 1. The Labute approximate surface area is 120 Å². The zero-order valence-electron chi connectivity index (χ0n) is 12.3. The van der Waals surface area contributed by atoms with Crippen molar-refractivity contribution in [2.45, 2.75) is 19.9 Å². The number of nitrogens with one attached hydrogen (secondary N) is 1. The molecule has 1 unspecified atom stereocenters. The molecule has 3 heteroatoms. The van der Waals surface area contributed by atoms with E-state index in [0.717, 1.165) is 17.0 Å². The van der Waals surface area contributed by atoms with Crippen LogP contribution in [0, 0.1) is 13.8 Å². The highest BCUT2D eigenvalue weighted by molar-refractivity contribution is 5.55. The van der Waals surface area contributed by atoms with Gasteiger partial charge in [0.25, 0.3) is 0 Å². The van der Waals surface area contributed by atoms with Crippen LogP contribution in [-0.4, -0.2) is 13.7 Å². The minimum Gasteiger partial charge on any atom is -0.496 e. The van der Waals surface area contributed by atoms with Crippen LogP contribution in [0.2, 0.25) is 0 Å². The fraction of sp³-hybridized carbons (Fsp3) is 0.294. The minimum atomic E-state index is 0.0339. The van der Waals surface area contributed by atoms with Gasteiger partial charge >= 0.3 is 0 Å². The van der Waals surface area contributed by atoms with Crippen LogP contribution in [0.3, 0.4) is 0 Å². The molecule has 0 radical (unpaired) electrons. The average molecular weight is 270 g/mol. The van der Waals surface area contributed by atoms with Crippen molar-refractivity contribution < 1.29 is 4.74 Å². The van der Waals surface area contributed by atoms with E-state index in [4.69, 9.17) is 10.5 Å². The van der Waals surface area contributed by atoms with Crippen LogP contribution >= 0.6 is 0 Å². The molecule has 0 fully saturated rings. The number of rotatable bonds is 5. The third kappa shape index (κ3) is 3.11. The topological polar surface area (TPSA) is 47.3 Å². The smallest absolute Gasteiger partial charge is 0.124 e. The molecule has 3 N–H and O–H groups in total. The molecule has 0 aromatic heterocycles. The van der Waals surface area contributed by atoms with Crippen LogP contribution < -0.4 is 15.8 Å². The summed E-state index contributed by atoms with van der Waals surface area (Å²) >= 11 is 0. The van der Waals surface area contributed by atoms with Crippen molar-refractivity contribution in [3.8, 4) is 5.75 Å². The second-order valence-electron chi connectivity index (χ2n) is 4.99. The summed E-state index contributed by atoms with van der Waals surface area (Å²) in [7, 11) is 1.68. The van der Waals surface area contributed by atoms with Gasteiger partial charge in [0.05, 0.1) is 13.2 Å². The second-order valence-corrected chi connectivity index (χ2v) is 4.99. The Morgan fingerprint density at radius 3 is 2.60 bits per heavy atom. The van der Waals surface area contributed by atoms with E-state index < -0.39 is 0 Å². The Balaban J connectivity index is 2.31. The monoisotopic (exact) mass is 270 g/mol. The molecular formula is C17H22N2O. The van der Waals surface area contributed by atoms with Gasteiger partial charge in [-0.3, -0.25) is 0 Å². The molecule has 0 heterocycles. The maximum Gasteiger partial charge on any atom is 0.124 e. The fourth-order valence-corrected chi connectivity index (χ4v) is 2.30. The van der Waals surface area contributed by atoms with Crippen LogP contribution in [-0.2, 0) is 0 Å². The predicted octanol–water partition coefficient (Wildman–Crippen LogP) is 3.42. The van der Waals surface area contributed by atoms with Crippen LogP contribution in [0.15, 0.2) is 42.5 Å². The summed E-state index contributed by atoms with van der Waals surface area (Å²) in [6.45, 7) is 4.69. The molecule has 0 saturated heterocycles. The van der Waals surface area contributed by atoms with Gasteiger partial charge in [0.1, 0.15) is 5.75 Å². The Morgan fingerprint density at radius 2 is 1.90 bits per heavy atom. The van der Waals surface area contributed by atoms with E-state index in [-0.39, 0.29) is 6.04 Å². The standard InChI is InChI=1S/C17H22N2O/c1-12-8-9-13(2)15(10-12)19-16(11-18)14-6-4-5-7-17(14)20-3/h4-10,16,19H,11,18H2,1-3H3. The predicted molar refractivity (Wildman–Crippen MR) is 84.3 cm³/mol. The van der Waals surface area contributed by atoms with Crippen molar-refractivity contribution in [2.24, 2.45) is 5.73 Å². The molecule has 0 spiro atoms. The van der Waals surface area contributed by atoms with Crippen LogP contribution in [0.1, 0.15) is 22.7 Å². The van der Waals surface area contributed by atoms with Gasteiger partial charge in [0.2, 0.25) is 0 Å². The van der Waals surface area contributed by atoms with Crippen molar-refractivity contribution in [3.05, 3.63) is 59.2 Å². The highest BCUT2D eigenvalue weighted by Gasteiger charge is 2.14. The molecule has 0 aliphatic rings. The Bertz CT molecular complexity index is 581. The van der Waals surface area contributed by atoms with E-state index in [1.165, 1.54) is 11.1 Å². The van der Waals surface area contributed by atoms with Crippen molar-refractivity contribution in [3.63, 3.8) is 0 Å². The zero-order chi connectivity index (χ0) is 14.5. The Hall–Kier alpha value is -2.00. The largest absolute Gasteiger partial charge is 0.496 e. The molecule has 1 atom stereocenters. The summed E-state index contributed by atoms with van der Waals surface area (Å²) < 4.78 is 5.42. The maximum absolute atomic E-state index is 5.95. The molecular weight excluding hydrogens is 248 g/mol. The molecule has 3 nitrogen and oxygen atoms in total. The third-order valence-electron chi connectivity index (χ3n) is 3.47. The highest BCUT2D eigenvalue weighted by atomic mass is 16.5. The number of ether oxygens (including phenoxy) is 1. The van der Waals surface area contributed by atoms with Crippen molar-refractivity contribution in [2.75, 3.05) is 19.0 Å². The number of hydrogen-bond acceptors (Lipinski definition) is 3. The summed E-state index contributed by atoms with van der Waals surface area (Å²) in [6.07, 6.45) is 0. The van der Waals surface area contributed by atoms with Crippen molar-refractivity contribution in [1.82, 2.24) is 0 Å². The number of methoxy groups -OCH3 is 1. The minimum absolute atomic E-state index is 0.0339. The number of hydrogen-bond donors (Lipinski definition) is 2. The summed E-state index contributed by atoms with van der Waals surface area (Å²) in [4.78, 5) is 0. The Kier molecular flexibility index (Phi) is 4.64. The molecule has 0 amide bonds. The fourth-order valence-electron chi connectivity index (χ4n) is 2.30. The van der Waals surface area contributed by atoms with Crippen LogP contribution in [0.4, 0.5) is 5.69 Å². The van der Waals surface area contributed by atoms with E-state index >= 15 is 0 Å². The molecule has 106 valence electrons. The van der Waals surface area contributed by atoms with Gasteiger partial charge in [-0.05, 0) is 37.1 Å². The third-order valence-corrected chi connectivity index (χ3v) is 3.47. The van der Waals surface area contributed by atoms with Crippen molar-refractivity contribution >= 4 is 5.69 Å². The normalized spacial score (nSPS) is 12.0. The second kappa shape index (κ2) is 6.44. The van der Waals surface area contributed by atoms with Crippen LogP contribution in [0.5, 0.6) is 5.75 Å². The summed E-state index contributed by atoms with van der Waals surface area (Å²) in [5.74, 6) is 0.862. The first-order chi connectivity index (χ1) is 9.65. The molecule has 2 aromatic carbocycles. The lowest BCUT2D eigenvalue weighted by Gasteiger charge is -2.22. The summed E-state index contributed by atoms with van der Waals surface area (Å²) in [5.41, 5.74) is 10.6. The number of anilines is 1. The van der Waals surface area contributed by atoms with E-state index in [9.17, 15) is 0 Å². The van der Waals surface area contributed by atoms with E-state index in [1.807, 2.05) is 18.2 Å². The van der Waals surface area contributed by atoms with Gasteiger partial charge in [-0.2, -0.15) is 0 Å². The van der Waals surface area contributed by atoms with Gasteiger partial charge in [0, 0.05) is 17.8 Å². The van der Waals surface area contributed by atoms with Gasteiger partial charge < -0.3 is 15.8 Å². The van der Waals surface area contributed by atoms with E-state index in [2.05, 4.69) is 43.4 Å². The summed E-state index contributed by atoms with van der Waals surface area (Å²) in [5, 5.41) is 3.52. The first-order valence-electron chi connectivity index (χ1n) is 6.82. The van der Waals surface area contributed by atoms with Gasteiger partial charge in [-0.15, -0.1) is 0 Å². The molecule has 20 heavy (non-hydrogen) atoms. The summed E-state index contributed by atoms with van der Waals surface area (Å²) in [6, 6.07) is 14.4. The van der Waals surface area contributed by atoms with Crippen LogP contribution in [0.25, 0.3) is 0 Å². The average Bonchev–Trinajstić information content (AvgIpc) is 2.48. The quantitative estimate of drug-likeness (QED) is 0.875. The molecule has 2 aromatic rings. The van der Waals surface area contributed by atoms with E-state index in [0.29, 0.717) is 6.54 Å². The maximum atomic E-state index is 5.95. The SMILES string of the molecule is COc1ccccc1C(CN)Nc1cc(C)ccc1C. The first kappa shape index (κ1) is 14.4. The van der Waals surface area contributed by atoms with Gasteiger partial charge in [-0.1, -0.05) is 30.3 Å². The number of nitrogens with two attached hydrogens (primary N) is 1. The molecule has 2 rings (SSSR count). The number of aryl methyl sites for hydroxylation is 2. The lowest BCUT2D eigenvalue weighted by molar-refractivity contribution is 0.407. The molecule has 0 aliphatic heterocycles. The lowest BCUT2D eigenvalue weighted by atomic mass is 10.0. The van der Waals surface area contributed by atoms with Gasteiger partial charge in [-0.25, -0.2) is 0 Å². The highest BCUT2D eigenvalue weighted by Crippen LogP contribution is 2.28. The Morgan fingerprint density at radius 1 is 1.15 bits per heavy atom. The molecule has 0 bridgehead atoms. The first-order valence-corrected chi connectivity index (χ1v) is 6.82. The number of benzene rings is 2. The molecule has 0 saturated carbocycles. The lowest BCUT2D eigenvalue weighted by Crippen LogP contribution is -2.21. The van der Waals surface area contributed by atoms with Gasteiger partial charge in [0.15, 0.2) is 0 Å². The zero-order valence-corrected chi connectivity index (χ0v) is 12.3. The van der Waals surface area contributed by atoms with Crippen molar-refractivity contribution in [1.29, 1.82) is 0 Å². The van der Waals surface area contributed by atoms with E-state index in [1.54, 1.807) is 7.11 Å².